The van der Waals surface area contributed by atoms with Gasteiger partial charge in [-0.05, 0) is 46.7 Å². The van der Waals surface area contributed by atoms with Crippen molar-refractivity contribution < 1.29 is 4.63 Å². The molecule has 4 rings (SSSR count). The number of benzene rings is 1. The van der Waals surface area contributed by atoms with Crippen molar-refractivity contribution in [3.8, 4) is 0 Å². The Kier molecular flexibility index (Phi) is 4.21. The van der Waals surface area contributed by atoms with Gasteiger partial charge in [0.2, 0.25) is 11.3 Å². The molecular weight excluding hydrogens is 386 g/mol. The molecular formula is C16H12BrN7O. The van der Waals surface area contributed by atoms with Gasteiger partial charge in [0.1, 0.15) is 0 Å². The molecule has 0 saturated carbocycles. The second-order valence-electron chi connectivity index (χ2n) is 5.14. The van der Waals surface area contributed by atoms with Crippen molar-refractivity contribution in [2.75, 3.05) is 10.6 Å². The summed E-state index contributed by atoms with van der Waals surface area (Å²) in [5.41, 5.74) is 2.43. The fraction of sp³-hybridized carbons (Fsp3) is 0.0625. The van der Waals surface area contributed by atoms with Gasteiger partial charge in [-0.15, -0.1) is 0 Å². The highest BCUT2D eigenvalue weighted by Gasteiger charge is 2.13. The summed E-state index contributed by atoms with van der Waals surface area (Å²) in [5, 5.41) is 13.9. The van der Waals surface area contributed by atoms with E-state index in [4.69, 9.17) is 4.63 Å². The molecule has 1 aromatic carbocycles. The zero-order chi connectivity index (χ0) is 17.1. The molecule has 9 heteroatoms. The molecule has 124 valence electrons. The Labute approximate surface area is 150 Å². The van der Waals surface area contributed by atoms with Crippen LogP contribution in [0.15, 0.2) is 57.8 Å². The molecule has 0 unspecified atom stereocenters. The fourth-order valence-corrected chi connectivity index (χ4v) is 2.46. The minimum absolute atomic E-state index is 0.336. The SMILES string of the molecule is Brc1ccc(Nc2nc3nonc3nc2NCc2ccccn2)cc1. The van der Waals surface area contributed by atoms with Crippen molar-refractivity contribution in [3.05, 3.63) is 58.8 Å². The van der Waals surface area contributed by atoms with E-state index in [2.05, 4.69) is 51.8 Å². The Morgan fingerprint density at radius 3 is 2.40 bits per heavy atom. The van der Waals surface area contributed by atoms with E-state index in [1.807, 2.05) is 42.5 Å². The number of rotatable bonds is 5. The lowest BCUT2D eigenvalue weighted by Crippen LogP contribution is -2.07. The molecule has 0 bridgehead atoms. The number of nitrogens with one attached hydrogen (secondary N) is 2. The van der Waals surface area contributed by atoms with Gasteiger partial charge in [0, 0.05) is 16.4 Å². The van der Waals surface area contributed by atoms with E-state index in [9.17, 15) is 0 Å². The molecule has 0 aliphatic heterocycles. The van der Waals surface area contributed by atoms with Crippen LogP contribution in [-0.4, -0.2) is 25.3 Å². The standard InChI is InChI=1S/C16H12BrN7O/c17-10-4-6-11(7-5-10)20-14-13(19-9-12-3-1-2-8-18-12)21-15-16(22-14)24-25-23-15/h1-8H,9H2,(H,19,21,23)(H,20,22,24). The Morgan fingerprint density at radius 2 is 1.68 bits per heavy atom. The fourth-order valence-electron chi connectivity index (χ4n) is 2.20. The lowest BCUT2D eigenvalue weighted by Gasteiger charge is -2.11. The number of pyridine rings is 1. The van der Waals surface area contributed by atoms with Crippen LogP contribution >= 0.6 is 15.9 Å². The van der Waals surface area contributed by atoms with Crippen LogP contribution in [0.5, 0.6) is 0 Å². The van der Waals surface area contributed by atoms with Crippen molar-refractivity contribution >= 4 is 44.5 Å². The van der Waals surface area contributed by atoms with Gasteiger partial charge in [-0.3, -0.25) is 4.98 Å². The molecule has 0 atom stereocenters. The summed E-state index contributed by atoms with van der Waals surface area (Å²) in [6.07, 6.45) is 1.74. The predicted octanol–water partition coefficient (Wildman–Crippen LogP) is 3.53. The second-order valence-corrected chi connectivity index (χ2v) is 6.05. The van der Waals surface area contributed by atoms with Crippen LogP contribution < -0.4 is 10.6 Å². The summed E-state index contributed by atoms with van der Waals surface area (Å²) in [6.45, 7) is 0.501. The number of nitrogens with zero attached hydrogens (tertiary/aromatic N) is 5. The molecule has 8 nitrogen and oxygen atoms in total. The van der Waals surface area contributed by atoms with Gasteiger partial charge in [-0.25, -0.2) is 14.6 Å². The van der Waals surface area contributed by atoms with Crippen LogP contribution in [-0.2, 0) is 6.54 Å². The molecule has 0 saturated heterocycles. The number of fused-ring (bicyclic) bond motifs is 1. The molecule has 2 N–H and O–H groups in total. The zero-order valence-electron chi connectivity index (χ0n) is 12.8. The van der Waals surface area contributed by atoms with Crippen LogP contribution in [0.4, 0.5) is 17.3 Å². The smallest absolute Gasteiger partial charge is 0.245 e. The first-order valence-corrected chi connectivity index (χ1v) is 8.24. The molecule has 3 heterocycles. The highest BCUT2D eigenvalue weighted by molar-refractivity contribution is 9.10. The summed E-state index contributed by atoms with van der Waals surface area (Å²) in [7, 11) is 0. The predicted molar refractivity (Wildman–Crippen MR) is 96.4 cm³/mol. The first-order valence-electron chi connectivity index (χ1n) is 7.44. The van der Waals surface area contributed by atoms with Gasteiger partial charge in [0.15, 0.2) is 11.6 Å². The molecule has 0 fully saturated rings. The number of anilines is 3. The highest BCUT2D eigenvalue weighted by Crippen LogP contribution is 2.25. The van der Waals surface area contributed by atoms with Gasteiger partial charge < -0.3 is 10.6 Å². The molecule has 3 aromatic heterocycles. The lowest BCUT2D eigenvalue weighted by molar-refractivity contribution is 0.314. The Bertz CT molecular complexity index is 988. The van der Waals surface area contributed by atoms with E-state index in [1.54, 1.807) is 6.20 Å². The zero-order valence-corrected chi connectivity index (χ0v) is 14.4. The summed E-state index contributed by atoms with van der Waals surface area (Å²) >= 11 is 3.42. The number of aromatic nitrogens is 5. The van der Waals surface area contributed by atoms with Crippen molar-refractivity contribution in [2.24, 2.45) is 0 Å². The molecule has 0 radical (unpaired) electrons. The summed E-state index contributed by atoms with van der Waals surface area (Å²) in [4.78, 5) is 13.1. The summed E-state index contributed by atoms with van der Waals surface area (Å²) < 4.78 is 5.70. The minimum Gasteiger partial charge on any atom is -0.361 e. The van der Waals surface area contributed by atoms with Crippen molar-refractivity contribution in [3.63, 3.8) is 0 Å². The normalized spacial score (nSPS) is 10.8. The monoisotopic (exact) mass is 397 g/mol. The van der Waals surface area contributed by atoms with Crippen molar-refractivity contribution in [1.29, 1.82) is 0 Å². The van der Waals surface area contributed by atoms with E-state index < -0.39 is 0 Å². The Hall–Kier alpha value is -3.07. The maximum atomic E-state index is 4.70. The molecule has 0 aliphatic carbocycles. The minimum atomic E-state index is 0.336. The first kappa shape index (κ1) is 15.5. The molecule has 0 aliphatic rings. The van der Waals surface area contributed by atoms with Gasteiger partial charge >= 0.3 is 0 Å². The highest BCUT2D eigenvalue weighted by atomic mass is 79.9. The largest absolute Gasteiger partial charge is 0.361 e. The maximum absolute atomic E-state index is 4.70. The van der Waals surface area contributed by atoms with Crippen molar-refractivity contribution in [2.45, 2.75) is 6.54 Å². The van der Waals surface area contributed by atoms with Gasteiger partial charge in [0.05, 0.1) is 12.2 Å². The molecule has 0 amide bonds. The Balaban J connectivity index is 1.64. The number of halogens is 1. The van der Waals surface area contributed by atoms with E-state index in [-0.39, 0.29) is 0 Å². The average molecular weight is 398 g/mol. The van der Waals surface area contributed by atoms with Gasteiger partial charge in [0.25, 0.3) is 0 Å². The third-order valence-electron chi connectivity index (χ3n) is 3.38. The average Bonchev–Trinajstić information content (AvgIpc) is 3.10. The van der Waals surface area contributed by atoms with Crippen LogP contribution in [0, 0.1) is 0 Å². The van der Waals surface area contributed by atoms with Crippen LogP contribution in [0.1, 0.15) is 5.69 Å². The molecule has 0 spiro atoms. The second kappa shape index (κ2) is 6.81. The first-order chi connectivity index (χ1) is 12.3. The number of hydrogen-bond acceptors (Lipinski definition) is 8. The lowest BCUT2D eigenvalue weighted by atomic mass is 10.3. The van der Waals surface area contributed by atoms with Crippen molar-refractivity contribution in [1.82, 2.24) is 25.3 Å². The van der Waals surface area contributed by atoms with E-state index in [0.717, 1.165) is 15.9 Å². The van der Waals surface area contributed by atoms with Crippen LogP contribution in [0.2, 0.25) is 0 Å². The topological polar surface area (TPSA) is 102 Å². The quantitative estimate of drug-likeness (QED) is 0.527. The van der Waals surface area contributed by atoms with Gasteiger partial charge in [-0.2, -0.15) is 0 Å². The summed E-state index contributed by atoms with van der Waals surface area (Å²) in [5.74, 6) is 1.07. The Morgan fingerprint density at radius 1 is 0.920 bits per heavy atom. The van der Waals surface area contributed by atoms with Gasteiger partial charge in [-0.1, -0.05) is 22.0 Å². The third kappa shape index (κ3) is 3.56. The summed E-state index contributed by atoms with van der Waals surface area (Å²) in [6, 6.07) is 13.5. The number of hydrogen-bond donors (Lipinski definition) is 2. The maximum Gasteiger partial charge on any atom is 0.245 e. The third-order valence-corrected chi connectivity index (χ3v) is 3.91. The van der Waals surface area contributed by atoms with E-state index >= 15 is 0 Å². The van der Waals surface area contributed by atoms with Crippen LogP contribution in [0.3, 0.4) is 0 Å². The van der Waals surface area contributed by atoms with Crippen LogP contribution in [0.25, 0.3) is 11.3 Å². The molecule has 25 heavy (non-hydrogen) atoms. The van der Waals surface area contributed by atoms with E-state index in [1.165, 1.54) is 0 Å². The molecule has 4 aromatic rings. The van der Waals surface area contributed by atoms with E-state index in [0.29, 0.717) is 29.5 Å².